The number of thiazole rings is 1. The standard InChI is InChI=1S/C19H21N9O5S3/c20-19-23-16-12(2-1-3-13(16)34-19)11-4-5-14(36(32,33)26-9-6-10(8-29)22-7-9)17(35(21,30)31)15(11)18-24-27-28-25-18/h1-5,9-10,22,26,29H,6-8H2,(H2,20,23)(H2,21,30,31)(H,24,25,27,28)/t9-,10+/m0/s1. The third kappa shape index (κ3) is 4.45. The Balaban J connectivity index is 1.76. The van der Waals surface area contributed by atoms with E-state index in [9.17, 15) is 21.9 Å². The highest BCUT2D eigenvalue weighted by molar-refractivity contribution is 7.92. The SMILES string of the molecule is Nc1nc2c(-c3ccc(S(=O)(=O)N[C@@H]4CN[C@@H](CO)C4)c(S(N)(=O)=O)c3-c3nnn[nH]3)cccc2s1. The molecular weight excluding hydrogens is 530 g/mol. The molecule has 1 aliphatic heterocycles. The number of nitrogens with zero attached hydrogens (tertiary/aromatic N) is 4. The largest absolute Gasteiger partial charge is 0.395 e. The molecule has 0 saturated carbocycles. The molecular formula is C19H21N9O5S3. The van der Waals surface area contributed by atoms with Gasteiger partial charge < -0.3 is 16.2 Å². The zero-order valence-electron chi connectivity index (χ0n) is 18.4. The van der Waals surface area contributed by atoms with E-state index in [-0.39, 0.29) is 36.1 Å². The van der Waals surface area contributed by atoms with E-state index >= 15 is 0 Å². The van der Waals surface area contributed by atoms with Crippen LogP contribution >= 0.6 is 11.3 Å². The molecule has 1 saturated heterocycles. The second-order valence-electron chi connectivity index (χ2n) is 8.16. The summed E-state index contributed by atoms with van der Waals surface area (Å²) in [5.74, 6) is -0.103. The van der Waals surface area contributed by atoms with Crippen LogP contribution in [-0.4, -0.2) is 72.8 Å². The number of aliphatic hydroxyl groups excluding tert-OH is 1. The molecule has 8 N–H and O–H groups in total. The minimum absolute atomic E-state index is 0.103. The third-order valence-electron chi connectivity index (χ3n) is 5.77. The Kier molecular flexibility index (Phi) is 6.23. The molecule has 0 radical (unpaired) electrons. The molecule has 0 amide bonds. The molecule has 0 bridgehead atoms. The smallest absolute Gasteiger partial charge is 0.242 e. The lowest BCUT2D eigenvalue weighted by Gasteiger charge is -2.18. The number of hydrogen-bond donors (Lipinski definition) is 6. The van der Waals surface area contributed by atoms with Gasteiger partial charge in [0.25, 0.3) is 0 Å². The molecule has 1 fully saturated rings. The average Bonchev–Trinajstić information content (AvgIpc) is 3.57. The Labute approximate surface area is 209 Å². The molecule has 2 aromatic carbocycles. The molecule has 5 rings (SSSR count). The van der Waals surface area contributed by atoms with Crippen molar-refractivity contribution in [2.75, 3.05) is 18.9 Å². The maximum atomic E-state index is 13.4. The number of aliphatic hydroxyl groups is 1. The first-order valence-corrected chi connectivity index (χ1v) is 14.4. The van der Waals surface area contributed by atoms with Gasteiger partial charge >= 0.3 is 0 Å². The Morgan fingerprint density at radius 1 is 1.17 bits per heavy atom. The van der Waals surface area contributed by atoms with Gasteiger partial charge in [-0.1, -0.05) is 29.5 Å². The summed E-state index contributed by atoms with van der Waals surface area (Å²) < 4.78 is 56.0. The van der Waals surface area contributed by atoms with E-state index in [4.69, 9.17) is 10.9 Å². The van der Waals surface area contributed by atoms with Gasteiger partial charge in [-0.2, -0.15) is 0 Å². The van der Waals surface area contributed by atoms with Crippen LogP contribution in [0.15, 0.2) is 40.1 Å². The first kappa shape index (κ1) is 24.6. The van der Waals surface area contributed by atoms with Crippen LogP contribution in [0.5, 0.6) is 0 Å². The molecule has 2 aromatic heterocycles. The Bertz CT molecular complexity index is 1650. The monoisotopic (exact) mass is 551 g/mol. The summed E-state index contributed by atoms with van der Waals surface area (Å²) in [5.41, 5.74) is 7.04. The van der Waals surface area contributed by atoms with Crippen molar-refractivity contribution >= 4 is 46.7 Å². The summed E-state index contributed by atoms with van der Waals surface area (Å²) in [4.78, 5) is 3.13. The summed E-state index contributed by atoms with van der Waals surface area (Å²) >= 11 is 1.25. The van der Waals surface area contributed by atoms with Crippen molar-refractivity contribution < 1.29 is 21.9 Å². The van der Waals surface area contributed by atoms with Crippen LogP contribution in [0.2, 0.25) is 0 Å². The topological polar surface area (TPSA) is 232 Å². The van der Waals surface area contributed by atoms with Crippen LogP contribution in [0.4, 0.5) is 5.13 Å². The van der Waals surface area contributed by atoms with Gasteiger partial charge in [0.15, 0.2) is 11.0 Å². The van der Waals surface area contributed by atoms with Crippen LogP contribution in [0, 0.1) is 0 Å². The number of tetrazole rings is 1. The van der Waals surface area contributed by atoms with Gasteiger partial charge in [0.2, 0.25) is 20.0 Å². The third-order valence-corrected chi connectivity index (χ3v) is 9.30. The van der Waals surface area contributed by atoms with Crippen molar-refractivity contribution in [1.29, 1.82) is 0 Å². The van der Waals surface area contributed by atoms with E-state index in [0.717, 1.165) is 4.70 Å². The summed E-state index contributed by atoms with van der Waals surface area (Å²) in [6.45, 7) is 0.101. The van der Waals surface area contributed by atoms with E-state index in [0.29, 0.717) is 22.6 Å². The Hall–Kier alpha value is -3.06. The molecule has 0 aliphatic carbocycles. The number of rotatable bonds is 7. The molecule has 0 spiro atoms. The Morgan fingerprint density at radius 2 is 1.97 bits per heavy atom. The summed E-state index contributed by atoms with van der Waals surface area (Å²) in [7, 11) is -9.02. The van der Waals surface area contributed by atoms with Crippen LogP contribution in [-0.2, 0) is 20.0 Å². The van der Waals surface area contributed by atoms with Gasteiger partial charge in [0.1, 0.15) is 9.79 Å². The number of nitrogens with one attached hydrogen (secondary N) is 3. The molecule has 17 heteroatoms. The maximum Gasteiger partial charge on any atom is 0.242 e. The number of aromatic amines is 1. The molecule has 190 valence electrons. The summed E-state index contributed by atoms with van der Waals surface area (Å²) in [5, 5.41) is 31.6. The van der Waals surface area contributed by atoms with Crippen molar-refractivity contribution in [3.8, 4) is 22.5 Å². The molecule has 0 unspecified atom stereocenters. The number of para-hydroxylation sites is 1. The number of primary sulfonamides is 1. The van der Waals surface area contributed by atoms with Crippen molar-refractivity contribution in [3.05, 3.63) is 30.3 Å². The van der Waals surface area contributed by atoms with E-state index in [1.54, 1.807) is 18.2 Å². The minimum atomic E-state index is -4.63. The second-order valence-corrected chi connectivity index (χ2v) is 12.4. The molecule has 2 atom stereocenters. The van der Waals surface area contributed by atoms with Crippen LogP contribution in [0.25, 0.3) is 32.7 Å². The average molecular weight is 552 g/mol. The van der Waals surface area contributed by atoms with E-state index in [1.807, 2.05) is 0 Å². The number of anilines is 1. The number of fused-ring (bicyclic) bond motifs is 1. The van der Waals surface area contributed by atoms with Crippen molar-refractivity contribution in [3.63, 3.8) is 0 Å². The minimum Gasteiger partial charge on any atom is -0.395 e. The number of hydrogen-bond acceptors (Lipinski definition) is 12. The summed E-state index contributed by atoms with van der Waals surface area (Å²) in [6, 6.07) is 7.02. The lowest BCUT2D eigenvalue weighted by molar-refractivity contribution is 0.254. The molecule has 3 heterocycles. The fourth-order valence-corrected chi connectivity index (χ4v) is 7.91. The zero-order valence-corrected chi connectivity index (χ0v) is 20.9. The van der Waals surface area contributed by atoms with E-state index < -0.39 is 35.9 Å². The highest BCUT2D eigenvalue weighted by Crippen LogP contribution is 2.41. The van der Waals surface area contributed by atoms with Gasteiger partial charge in [-0.15, -0.1) is 5.10 Å². The Morgan fingerprint density at radius 3 is 2.64 bits per heavy atom. The van der Waals surface area contributed by atoms with Gasteiger partial charge in [-0.25, -0.2) is 36.8 Å². The van der Waals surface area contributed by atoms with E-state index in [1.165, 1.54) is 23.5 Å². The molecule has 1 aliphatic rings. The fourth-order valence-electron chi connectivity index (χ4n) is 4.30. The predicted molar refractivity (Wildman–Crippen MR) is 132 cm³/mol. The van der Waals surface area contributed by atoms with Crippen LogP contribution < -0.4 is 20.9 Å². The predicted octanol–water partition coefficient (Wildman–Crippen LogP) is -0.626. The highest BCUT2D eigenvalue weighted by atomic mass is 32.2. The lowest BCUT2D eigenvalue weighted by atomic mass is 9.98. The van der Waals surface area contributed by atoms with Gasteiger partial charge in [-0.05, 0) is 34.5 Å². The quantitative estimate of drug-likeness (QED) is 0.169. The van der Waals surface area contributed by atoms with Gasteiger partial charge in [0.05, 0.1) is 22.4 Å². The number of benzene rings is 2. The van der Waals surface area contributed by atoms with Crippen molar-refractivity contribution in [2.24, 2.45) is 5.14 Å². The normalized spacial score (nSPS) is 18.7. The second kappa shape index (κ2) is 9.11. The lowest BCUT2D eigenvalue weighted by Crippen LogP contribution is -2.37. The molecule has 36 heavy (non-hydrogen) atoms. The molecule has 4 aromatic rings. The van der Waals surface area contributed by atoms with Crippen molar-refractivity contribution in [1.82, 2.24) is 35.6 Å². The van der Waals surface area contributed by atoms with Gasteiger partial charge in [-0.3, -0.25) is 0 Å². The number of nitrogen functional groups attached to an aromatic ring is 1. The number of sulfonamides is 2. The highest BCUT2D eigenvalue weighted by Gasteiger charge is 2.35. The van der Waals surface area contributed by atoms with Crippen LogP contribution in [0.1, 0.15) is 6.42 Å². The van der Waals surface area contributed by atoms with E-state index in [2.05, 4.69) is 35.6 Å². The maximum absolute atomic E-state index is 13.4. The first-order valence-electron chi connectivity index (χ1n) is 10.5. The number of nitrogens with two attached hydrogens (primary N) is 2. The number of aromatic nitrogens is 5. The van der Waals surface area contributed by atoms with Crippen molar-refractivity contribution in [2.45, 2.75) is 28.3 Å². The van der Waals surface area contributed by atoms with Crippen LogP contribution in [0.3, 0.4) is 0 Å². The zero-order chi connectivity index (χ0) is 25.7. The fraction of sp³-hybridized carbons (Fsp3) is 0.263. The first-order chi connectivity index (χ1) is 17.1. The molecule has 14 nitrogen and oxygen atoms in total. The summed E-state index contributed by atoms with van der Waals surface area (Å²) in [6.07, 6.45) is 0.324. The number of H-pyrrole nitrogens is 1. The van der Waals surface area contributed by atoms with Gasteiger partial charge in [0, 0.05) is 24.2 Å².